The first-order valence-corrected chi connectivity index (χ1v) is 17.7. The molecule has 9 heteroatoms. The molecule has 1 amide bonds. The third-order valence-electron chi connectivity index (χ3n) is 8.99. The minimum Gasteiger partial charge on any atom is -0.374 e. The summed E-state index contributed by atoms with van der Waals surface area (Å²) in [6.07, 6.45) is -3.15. The van der Waals surface area contributed by atoms with E-state index < -0.39 is 36.4 Å². The van der Waals surface area contributed by atoms with Crippen LogP contribution in [0.25, 0.3) is 0 Å². The van der Waals surface area contributed by atoms with Crippen molar-refractivity contribution in [2.75, 3.05) is 20.8 Å². The summed E-state index contributed by atoms with van der Waals surface area (Å²) in [5.41, 5.74) is 5.02. The van der Waals surface area contributed by atoms with Gasteiger partial charge in [-0.05, 0) is 39.9 Å². The van der Waals surface area contributed by atoms with Gasteiger partial charge in [0.2, 0.25) is 0 Å². The van der Waals surface area contributed by atoms with Crippen LogP contribution >= 0.6 is 11.6 Å². The quantitative estimate of drug-likeness (QED) is 0.0948. The molecule has 5 atom stereocenters. The lowest BCUT2D eigenvalue weighted by molar-refractivity contribution is -0.275. The molecule has 8 nitrogen and oxygen atoms in total. The fourth-order valence-electron chi connectivity index (χ4n) is 6.19. The van der Waals surface area contributed by atoms with Crippen LogP contribution in [0.3, 0.4) is 0 Å². The van der Waals surface area contributed by atoms with Gasteiger partial charge in [0.15, 0.2) is 0 Å². The van der Waals surface area contributed by atoms with Gasteiger partial charge in [0, 0.05) is 7.05 Å². The molecule has 52 heavy (non-hydrogen) atoms. The Morgan fingerprint density at radius 1 is 0.635 bits per heavy atom. The lowest BCUT2D eigenvalue weighted by atomic mass is 9.89. The van der Waals surface area contributed by atoms with Gasteiger partial charge in [-0.25, -0.2) is 5.06 Å². The van der Waals surface area contributed by atoms with Crippen molar-refractivity contribution in [2.45, 2.75) is 56.9 Å². The van der Waals surface area contributed by atoms with Gasteiger partial charge in [-0.1, -0.05) is 139 Å². The number of ether oxygens (including phenoxy) is 5. The molecule has 0 aromatic heterocycles. The monoisotopic (exact) mass is 721 g/mol. The van der Waals surface area contributed by atoms with Crippen molar-refractivity contribution >= 4 is 17.5 Å². The van der Waals surface area contributed by atoms with Crippen molar-refractivity contribution in [3.8, 4) is 0 Å². The summed E-state index contributed by atoms with van der Waals surface area (Å²) in [6.45, 7) is 1.54. The minimum absolute atomic E-state index is 0.216. The maximum atomic E-state index is 13.3. The number of amides is 1. The Hall–Kier alpha value is -4.38. The molecule has 1 aliphatic rings. The van der Waals surface area contributed by atoms with E-state index in [1.165, 1.54) is 14.2 Å². The van der Waals surface area contributed by atoms with Crippen molar-refractivity contribution in [3.05, 3.63) is 178 Å². The maximum Gasteiger partial charge on any atom is 0.278 e. The molecule has 0 aliphatic carbocycles. The summed E-state index contributed by atoms with van der Waals surface area (Å²) in [4.78, 5) is 18.5. The molecule has 0 spiro atoms. The molecule has 5 aromatic rings. The van der Waals surface area contributed by atoms with Gasteiger partial charge < -0.3 is 23.7 Å². The van der Waals surface area contributed by atoms with E-state index >= 15 is 0 Å². The molecule has 1 heterocycles. The highest BCUT2D eigenvalue weighted by molar-refractivity contribution is 6.33. The molecule has 6 rings (SSSR count). The van der Waals surface area contributed by atoms with E-state index in [2.05, 4.69) is 0 Å². The number of hydrogen-bond acceptors (Lipinski definition) is 7. The van der Waals surface area contributed by atoms with Crippen LogP contribution in [0.4, 0.5) is 0 Å². The molecule has 1 fully saturated rings. The number of halogens is 1. The Morgan fingerprint density at radius 2 is 1.10 bits per heavy atom. The molecule has 5 unspecified atom stereocenters. The van der Waals surface area contributed by atoms with Crippen LogP contribution in [-0.4, -0.2) is 56.2 Å². The summed E-state index contributed by atoms with van der Waals surface area (Å²) < 4.78 is 33.8. The van der Waals surface area contributed by atoms with Gasteiger partial charge in [0.1, 0.15) is 30.5 Å². The maximum absolute atomic E-state index is 13.3. The highest BCUT2D eigenvalue weighted by Crippen LogP contribution is 2.39. The standard InChI is InChI=1S/C43H44ClNO7/c1-45(47-2)43(46)36-25-35(23-24-37(36)44)39-41(50-28-33-19-11-5-12-20-33)42(51-29-34-21-13-6-14-22-34)40(49-27-32-17-9-4-10-18-32)38(52-39)30-48-26-31-15-7-3-8-16-31/h3-25,38-42H,26-30H2,1-2H3. The van der Waals surface area contributed by atoms with E-state index in [4.69, 9.17) is 40.1 Å². The van der Waals surface area contributed by atoms with Crippen LogP contribution in [0.2, 0.25) is 5.02 Å². The number of nitrogens with zero attached hydrogens (tertiary/aromatic N) is 1. The van der Waals surface area contributed by atoms with E-state index in [0.717, 1.165) is 27.3 Å². The largest absolute Gasteiger partial charge is 0.374 e. The highest BCUT2D eigenvalue weighted by Gasteiger charge is 2.49. The third kappa shape index (κ3) is 9.93. The average Bonchev–Trinajstić information content (AvgIpc) is 3.20. The molecule has 1 aliphatic heterocycles. The van der Waals surface area contributed by atoms with E-state index in [0.29, 0.717) is 37.0 Å². The zero-order valence-electron chi connectivity index (χ0n) is 29.4. The van der Waals surface area contributed by atoms with Gasteiger partial charge >= 0.3 is 0 Å². The first-order valence-electron chi connectivity index (χ1n) is 17.4. The van der Waals surface area contributed by atoms with E-state index in [-0.39, 0.29) is 12.2 Å². The van der Waals surface area contributed by atoms with E-state index in [1.807, 2.05) is 127 Å². The Kier molecular flexibility index (Phi) is 13.6. The molecule has 0 bridgehead atoms. The SMILES string of the molecule is CON(C)C(=O)c1cc(C2OC(COCc3ccccc3)C(OCc3ccccc3)C(OCc3ccccc3)C2OCc2ccccc2)ccc1Cl. The first-order chi connectivity index (χ1) is 25.5. The highest BCUT2D eigenvalue weighted by atomic mass is 35.5. The minimum atomic E-state index is -0.692. The topological polar surface area (TPSA) is 75.7 Å². The second kappa shape index (κ2) is 18.9. The lowest BCUT2D eigenvalue weighted by Crippen LogP contribution is -2.58. The number of carbonyl (C=O) groups excluding carboxylic acids is 1. The Bertz CT molecular complexity index is 1810. The van der Waals surface area contributed by atoms with Crippen molar-refractivity contribution in [3.63, 3.8) is 0 Å². The van der Waals surface area contributed by atoms with Crippen molar-refractivity contribution in [1.82, 2.24) is 5.06 Å². The molecule has 5 aromatic carbocycles. The Morgan fingerprint density at radius 3 is 1.60 bits per heavy atom. The lowest BCUT2D eigenvalue weighted by Gasteiger charge is -2.46. The summed E-state index contributed by atoms with van der Waals surface area (Å²) in [6, 6.07) is 45.3. The molecular formula is C43H44ClNO7. The fourth-order valence-corrected chi connectivity index (χ4v) is 6.39. The van der Waals surface area contributed by atoms with Gasteiger partial charge in [-0.15, -0.1) is 0 Å². The second-order valence-electron chi connectivity index (χ2n) is 12.6. The van der Waals surface area contributed by atoms with Crippen molar-refractivity contribution in [2.24, 2.45) is 0 Å². The van der Waals surface area contributed by atoms with Crippen LogP contribution in [-0.2, 0) is 54.9 Å². The molecule has 0 saturated carbocycles. The average molecular weight is 722 g/mol. The van der Waals surface area contributed by atoms with Crippen LogP contribution in [0.5, 0.6) is 0 Å². The first kappa shape index (κ1) is 37.4. The van der Waals surface area contributed by atoms with Crippen molar-refractivity contribution in [1.29, 1.82) is 0 Å². The molecule has 0 N–H and O–H groups in total. The van der Waals surface area contributed by atoms with Crippen LogP contribution in [0, 0.1) is 0 Å². The summed E-state index contributed by atoms with van der Waals surface area (Å²) in [7, 11) is 2.97. The summed E-state index contributed by atoms with van der Waals surface area (Å²) >= 11 is 6.59. The Balaban J connectivity index is 1.40. The summed E-state index contributed by atoms with van der Waals surface area (Å²) in [5, 5.41) is 1.43. The second-order valence-corrected chi connectivity index (χ2v) is 13.0. The molecule has 270 valence electrons. The summed E-state index contributed by atoms with van der Waals surface area (Å²) in [5.74, 6) is -0.393. The zero-order valence-corrected chi connectivity index (χ0v) is 30.1. The molecule has 0 radical (unpaired) electrons. The van der Waals surface area contributed by atoms with Gasteiger partial charge in [-0.2, -0.15) is 0 Å². The molecule has 1 saturated heterocycles. The van der Waals surface area contributed by atoms with Crippen LogP contribution in [0.1, 0.15) is 44.3 Å². The predicted octanol–water partition coefficient (Wildman–Crippen LogP) is 8.39. The van der Waals surface area contributed by atoms with Crippen molar-refractivity contribution < 1.29 is 33.3 Å². The number of hydrogen-bond donors (Lipinski definition) is 0. The number of benzene rings is 5. The Labute approximate surface area is 310 Å². The number of hydroxylamine groups is 2. The van der Waals surface area contributed by atoms with Crippen LogP contribution < -0.4 is 0 Å². The fraction of sp³-hybridized carbons (Fsp3) is 0.279. The smallest absolute Gasteiger partial charge is 0.278 e. The van der Waals surface area contributed by atoms with Crippen LogP contribution in [0.15, 0.2) is 140 Å². The van der Waals surface area contributed by atoms with E-state index in [9.17, 15) is 4.79 Å². The normalized spacial score (nSPS) is 20.0. The molecular weight excluding hydrogens is 678 g/mol. The number of carbonyl (C=O) groups is 1. The zero-order chi connectivity index (χ0) is 36.1. The van der Waals surface area contributed by atoms with Gasteiger partial charge in [-0.3, -0.25) is 9.63 Å². The van der Waals surface area contributed by atoms with E-state index in [1.54, 1.807) is 12.1 Å². The van der Waals surface area contributed by atoms with Gasteiger partial charge in [0.25, 0.3) is 5.91 Å². The predicted molar refractivity (Wildman–Crippen MR) is 199 cm³/mol. The van der Waals surface area contributed by atoms with Gasteiger partial charge in [0.05, 0.1) is 50.7 Å². The third-order valence-corrected chi connectivity index (χ3v) is 9.32. The number of rotatable bonds is 16.